The van der Waals surface area contributed by atoms with E-state index >= 15 is 0 Å². The fourth-order valence-corrected chi connectivity index (χ4v) is 3.19. The Morgan fingerprint density at radius 1 is 1.21 bits per heavy atom. The Balaban J connectivity index is 1.58. The van der Waals surface area contributed by atoms with Gasteiger partial charge in [0, 0.05) is 19.5 Å². The van der Waals surface area contributed by atoms with E-state index in [4.69, 9.17) is 4.74 Å². The van der Waals surface area contributed by atoms with Crippen LogP contribution in [-0.4, -0.2) is 35.4 Å². The lowest BCUT2D eigenvalue weighted by Gasteiger charge is -2.12. The van der Waals surface area contributed by atoms with E-state index in [2.05, 4.69) is 20.7 Å². The van der Waals surface area contributed by atoms with Crippen LogP contribution in [0.2, 0.25) is 0 Å². The van der Waals surface area contributed by atoms with Gasteiger partial charge < -0.3 is 10.1 Å². The number of guanidine groups is 1. The maximum atomic E-state index is 12.4. The number of ether oxygens (including phenoxy) is 1. The molecule has 0 spiro atoms. The molecular formula is C21H21N5O2. The standard InChI is InChI=1S/C21H21N5O2/c1-26-19-9-8-14(10-16(19)12-22-26)11-17-20(27)25-21(23-17)24-18(13-28-2)15-6-4-3-5-7-15/h3-12,18H,13H2,1-2H3,(H2,23,24,25,27)/b17-11-. The van der Waals surface area contributed by atoms with Crippen LogP contribution in [0.15, 0.2) is 65.4 Å². The molecule has 1 amide bonds. The smallest absolute Gasteiger partial charge is 0.274 e. The van der Waals surface area contributed by atoms with Crippen molar-refractivity contribution < 1.29 is 9.53 Å². The van der Waals surface area contributed by atoms with Crippen LogP contribution in [0, 0.1) is 0 Å². The lowest BCUT2D eigenvalue weighted by molar-refractivity contribution is -0.115. The summed E-state index contributed by atoms with van der Waals surface area (Å²) in [7, 11) is 3.54. The minimum absolute atomic E-state index is 0.208. The van der Waals surface area contributed by atoms with Gasteiger partial charge in [0.25, 0.3) is 5.91 Å². The van der Waals surface area contributed by atoms with Gasteiger partial charge in [0.05, 0.1) is 18.3 Å². The van der Waals surface area contributed by atoms with Gasteiger partial charge in [-0.25, -0.2) is 4.99 Å². The lowest BCUT2D eigenvalue weighted by Crippen LogP contribution is -2.26. The highest BCUT2D eigenvalue weighted by Crippen LogP contribution is 2.19. The molecule has 7 nitrogen and oxygen atoms in total. The van der Waals surface area contributed by atoms with Gasteiger partial charge >= 0.3 is 0 Å². The Hall–Kier alpha value is -3.45. The SMILES string of the molecule is COCC(N=C1NC(=O)/C(=C/c2ccc3c(cnn3C)c2)N1)c1ccccc1. The van der Waals surface area contributed by atoms with E-state index in [0.29, 0.717) is 18.3 Å². The second kappa shape index (κ2) is 7.66. The number of aliphatic imine (C=N–C) groups is 1. The third-order valence-corrected chi connectivity index (χ3v) is 4.60. The summed E-state index contributed by atoms with van der Waals surface area (Å²) < 4.78 is 7.11. The monoisotopic (exact) mass is 375 g/mol. The van der Waals surface area contributed by atoms with E-state index in [9.17, 15) is 4.79 Å². The number of fused-ring (bicyclic) bond motifs is 1. The van der Waals surface area contributed by atoms with Gasteiger partial charge in [-0.1, -0.05) is 36.4 Å². The number of nitrogens with zero attached hydrogens (tertiary/aromatic N) is 3. The molecule has 0 radical (unpaired) electrons. The molecule has 2 heterocycles. The summed E-state index contributed by atoms with van der Waals surface area (Å²) in [6, 6.07) is 15.6. The van der Waals surface area contributed by atoms with Crippen LogP contribution in [-0.2, 0) is 16.6 Å². The number of carbonyl (C=O) groups is 1. The van der Waals surface area contributed by atoms with Gasteiger partial charge in [0.1, 0.15) is 11.7 Å². The van der Waals surface area contributed by atoms with Crippen LogP contribution in [0.1, 0.15) is 17.2 Å². The number of hydrogen-bond donors (Lipinski definition) is 2. The summed E-state index contributed by atoms with van der Waals surface area (Å²) in [5.41, 5.74) is 3.42. The molecule has 7 heteroatoms. The molecular weight excluding hydrogens is 354 g/mol. The summed E-state index contributed by atoms with van der Waals surface area (Å²) in [6.45, 7) is 0.418. The second-order valence-electron chi connectivity index (χ2n) is 6.58. The van der Waals surface area contributed by atoms with Crippen molar-refractivity contribution in [3.05, 3.63) is 71.6 Å². The van der Waals surface area contributed by atoms with E-state index in [0.717, 1.165) is 22.0 Å². The quantitative estimate of drug-likeness (QED) is 0.671. The van der Waals surface area contributed by atoms with Crippen molar-refractivity contribution in [2.75, 3.05) is 13.7 Å². The normalized spacial score (nSPS) is 17.9. The van der Waals surface area contributed by atoms with Gasteiger partial charge in [-0.2, -0.15) is 5.10 Å². The number of benzene rings is 2. The molecule has 1 atom stereocenters. The largest absolute Gasteiger partial charge is 0.382 e. The third kappa shape index (κ3) is 3.65. The Labute approximate surface area is 162 Å². The summed E-state index contributed by atoms with van der Waals surface area (Å²) in [4.78, 5) is 17.0. The van der Waals surface area contributed by atoms with Crippen molar-refractivity contribution in [2.24, 2.45) is 12.0 Å². The summed E-state index contributed by atoms with van der Waals surface area (Å²) in [6.07, 6.45) is 3.61. The Kier molecular flexibility index (Phi) is 4.90. The highest BCUT2D eigenvalue weighted by atomic mass is 16.5. The minimum atomic E-state index is -0.214. The van der Waals surface area contributed by atoms with Crippen molar-refractivity contribution in [3.8, 4) is 0 Å². The molecule has 1 aliphatic rings. The Morgan fingerprint density at radius 3 is 2.82 bits per heavy atom. The van der Waals surface area contributed by atoms with Crippen molar-refractivity contribution in [3.63, 3.8) is 0 Å². The third-order valence-electron chi connectivity index (χ3n) is 4.60. The molecule has 4 rings (SSSR count). The molecule has 2 aromatic carbocycles. The van der Waals surface area contributed by atoms with E-state index < -0.39 is 0 Å². The van der Waals surface area contributed by atoms with Crippen molar-refractivity contribution >= 4 is 28.8 Å². The molecule has 1 fully saturated rings. The number of rotatable bonds is 5. The average Bonchev–Trinajstić information content (AvgIpc) is 3.24. The summed E-state index contributed by atoms with van der Waals surface area (Å²) in [5.74, 6) is 0.207. The first-order valence-electron chi connectivity index (χ1n) is 8.97. The van der Waals surface area contributed by atoms with Crippen molar-refractivity contribution in [1.82, 2.24) is 20.4 Å². The van der Waals surface area contributed by atoms with Crippen LogP contribution >= 0.6 is 0 Å². The van der Waals surface area contributed by atoms with Gasteiger partial charge in [-0.05, 0) is 29.3 Å². The maximum Gasteiger partial charge on any atom is 0.274 e. The van der Waals surface area contributed by atoms with Gasteiger partial charge in [0.2, 0.25) is 5.96 Å². The summed E-state index contributed by atoms with van der Waals surface area (Å²) >= 11 is 0. The number of nitrogens with one attached hydrogen (secondary N) is 2. The predicted octanol–water partition coefficient (Wildman–Crippen LogP) is 2.38. The molecule has 2 N–H and O–H groups in total. The van der Waals surface area contributed by atoms with Gasteiger partial charge in [-0.15, -0.1) is 0 Å². The zero-order valence-corrected chi connectivity index (χ0v) is 15.7. The number of carbonyl (C=O) groups excluding carboxylic acids is 1. The van der Waals surface area contributed by atoms with Crippen LogP contribution in [0.4, 0.5) is 0 Å². The minimum Gasteiger partial charge on any atom is -0.382 e. The average molecular weight is 375 g/mol. The first kappa shape index (κ1) is 17.9. The topological polar surface area (TPSA) is 80.5 Å². The number of amides is 1. The molecule has 1 saturated heterocycles. The number of methoxy groups -OCH3 is 1. The Bertz CT molecular complexity index is 1070. The molecule has 1 unspecified atom stereocenters. The number of aryl methyl sites for hydroxylation is 1. The van der Waals surface area contributed by atoms with E-state index in [1.807, 2.05) is 66.5 Å². The fourth-order valence-electron chi connectivity index (χ4n) is 3.19. The first-order valence-corrected chi connectivity index (χ1v) is 8.97. The van der Waals surface area contributed by atoms with Crippen LogP contribution in [0.25, 0.3) is 17.0 Å². The first-order chi connectivity index (χ1) is 13.6. The zero-order chi connectivity index (χ0) is 19.5. The molecule has 142 valence electrons. The maximum absolute atomic E-state index is 12.4. The number of aromatic nitrogens is 2. The van der Waals surface area contributed by atoms with Crippen LogP contribution in [0.5, 0.6) is 0 Å². The van der Waals surface area contributed by atoms with Gasteiger partial charge in [0.15, 0.2) is 0 Å². The van der Waals surface area contributed by atoms with Crippen molar-refractivity contribution in [1.29, 1.82) is 0 Å². The highest BCUT2D eigenvalue weighted by molar-refractivity contribution is 6.15. The molecule has 1 aromatic heterocycles. The second-order valence-corrected chi connectivity index (χ2v) is 6.58. The van der Waals surface area contributed by atoms with E-state index in [1.165, 1.54) is 0 Å². The van der Waals surface area contributed by atoms with Crippen molar-refractivity contribution in [2.45, 2.75) is 6.04 Å². The zero-order valence-electron chi connectivity index (χ0n) is 15.7. The molecule has 28 heavy (non-hydrogen) atoms. The van der Waals surface area contributed by atoms with Crippen LogP contribution in [0.3, 0.4) is 0 Å². The Morgan fingerprint density at radius 2 is 2.04 bits per heavy atom. The van der Waals surface area contributed by atoms with E-state index in [-0.39, 0.29) is 11.9 Å². The molecule has 3 aromatic rings. The predicted molar refractivity (Wildman–Crippen MR) is 108 cm³/mol. The molecule has 1 aliphatic heterocycles. The number of hydrogen-bond acceptors (Lipinski definition) is 4. The molecule has 0 aliphatic carbocycles. The fraction of sp³-hybridized carbons (Fsp3) is 0.190. The highest BCUT2D eigenvalue weighted by Gasteiger charge is 2.23. The van der Waals surface area contributed by atoms with Gasteiger partial charge in [-0.3, -0.25) is 14.8 Å². The summed E-state index contributed by atoms with van der Waals surface area (Å²) in [5, 5.41) is 11.1. The lowest BCUT2D eigenvalue weighted by atomic mass is 10.1. The van der Waals surface area contributed by atoms with E-state index in [1.54, 1.807) is 13.2 Å². The molecule has 0 bridgehead atoms. The van der Waals surface area contributed by atoms with Crippen LogP contribution < -0.4 is 10.6 Å². The molecule has 0 saturated carbocycles.